The van der Waals surface area contributed by atoms with E-state index in [9.17, 15) is 14.4 Å². The SMILES string of the molecule is COc1ccc(/C=C/C(=O)OC(C)C(=O)c2ccc(NC(=O)C(C)C)cc2)cc1. The first-order valence-electron chi connectivity index (χ1n) is 9.28. The first kappa shape index (κ1) is 21.9. The maximum atomic E-state index is 12.5. The summed E-state index contributed by atoms with van der Waals surface area (Å²) >= 11 is 0. The number of hydrogen-bond donors (Lipinski definition) is 1. The average Bonchev–Trinajstić information content (AvgIpc) is 2.72. The Bertz CT molecular complexity index is 882. The van der Waals surface area contributed by atoms with Gasteiger partial charge in [-0.2, -0.15) is 0 Å². The van der Waals surface area contributed by atoms with Crippen LogP contribution in [-0.2, 0) is 14.3 Å². The van der Waals surface area contributed by atoms with Crippen LogP contribution in [0.1, 0.15) is 36.7 Å². The summed E-state index contributed by atoms with van der Waals surface area (Å²) in [6, 6.07) is 13.6. The number of carbonyl (C=O) groups excluding carboxylic acids is 3. The van der Waals surface area contributed by atoms with E-state index in [1.165, 1.54) is 13.0 Å². The zero-order chi connectivity index (χ0) is 21.4. The van der Waals surface area contributed by atoms with Gasteiger partial charge in [-0.3, -0.25) is 9.59 Å². The Morgan fingerprint density at radius 1 is 0.931 bits per heavy atom. The van der Waals surface area contributed by atoms with Crippen LogP contribution in [0, 0.1) is 5.92 Å². The first-order valence-corrected chi connectivity index (χ1v) is 9.28. The number of methoxy groups -OCH3 is 1. The number of anilines is 1. The molecule has 1 N–H and O–H groups in total. The fourth-order valence-electron chi connectivity index (χ4n) is 2.39. The second-order valence-corrected chi connectivity index (χ2v) is 6.77. The zero-order valence-corrected chi connectivity index (χ0v) is 17.0. The summed E-state index contributed by atoms with van der Waals surface area (Å²) in [6.45, 7) is 5.12. The van der Waals surface area contributed by atoms with Gasteiger partial charge in [0.15, 0.2) is 6.10 Å². The molecule has 1 amide bonds. The molecule has 0 saturated carbocycles. The van der Waals surface area contributed by atoms with Gasteiger partial charge in [0, 0.05) is 23.2 Å². The van der Waals surface area contributed by atoms with E-state index < -0.39 is 12.1 Å². The van der Waals surface area contributed by atoms with Crippen molar-refractivity contribution in [3.63, 3.8) is 0 Å². The fraction of sp³-hybridized carbons (Fsp3) is 0.261. The van der Waals surface area contributed by atoms with Crippen LogP contribution in [0.2, 0.25) is 0 Å². The lowest BCUT2D eigenvalue weighted by atomic mass is 10.1. The summed E-state index contributed by atoms with van der Waals surface area (Å²) < 4.78 is 10.3. The molecule has 0 fully saturated rings. The van der Waals surface area contributed by atoms with E-state index in [0.717, 1.165) is 11.3 Å². The first-order chi connectivity index (χ1) is 13.8. The van der Waals surface area contributed by atoms with Crippen molar-refractivity contribution in [2.75, 3.05) is 12.4 Å². The maximum absolute atomic E-state index is 12.5. The molecule has 29 heavy (non-hydrogen) atoms. The number of esters is 1. The number of amides is 1. The summed E-state index contributed by atoms with van der Waals surface area (Å²) in [4.78, 5) is 36.2. The summed E-state index contributed by atoms with van der Waals surface area (Å²) in [5.41, 5.74) is 1.81. The molecule has 0 bridgehead atoms. The van der Waals surface area contributed by atoms with Crippen molar-refractivity contribution < 1.29 is 23.9 Å². The summed E-state index contributed by atoms with van der Waals surface area (Å²) in [6.07, 6.45) is 1.94. The van der Waals surface area contributed by atoms with Gasteiger partial charge in [-0.1, -0.05) is 26.0 Å². The van der Waals surface area contributed by atoms with E-state index in [1.807, 2.05) is 0 Å². The van der Waals surface area contributed by atoms with Gasteiger partial charge in [0.2, 0.25) is 11.7 Å². The summed E-state index contributed by atoms with van der Waals surface area (Å²) in [5, 5.41) is 2.76. The Labute approximate surface area is 170 Å². The number of carbonyl (C=O) groups is 3. The van der Waals surface area contributed by atoms with Gasteiger partial charge in [0.25, 0.3) is 0 Å². The highest BCUT2D eigenvalue weighted by Crippen LogP contribution is 2.15. The van der Waals surface area contributed by atoms with E-state index in [2.05, 4.69) is 5.32 Å². The predicted molar refractivity (Wildman–Crippen MR) is 112 cm³/mol. The lowest BCUT2D eigenvalue weighted by Gasteiger charge is -2.12. The summed E-state index contributed by atoms with van der Waals surface area (Å²) in [7, 11) is 1.58. The molecule has 0 spiro atoms. The lowest BCUT2D eigenvalue weighted by Crippen LogP contribution is -2.23. The third-order valence-corrected chi connectivity index (χ3v) is 4.15. The molecule has 0 aliphatic carbocycles. The molecule has 1 atom stereocenters. The molecule has 2 aromatic carbocycles. The number of rotatable bonds is 8. The highest BCUT2D eigenvalue weighted by atomic mass is 16.5. The second kappa shape index (κ2) is 10.2. The van der Waals surface area contributed by atoms with Crippen LogP contribution < -0.4 is 10.1 Å². The monoisotopic (exact) mass is 395 g/mol. The molecule has 2 aromatic rings. The zero-order valence-electron chi connectivity index (χ0n) is 17.0. The van der Waals surface area contributed by atoms with Crippen LogP contribution in [-0.4, -0.2) is 30.9 Å². The molecular formula is C23H25NO5. The lowest BCUT2D eigenvalue weighted by molar-refractivity contribution is -0.140. The van der Waals surface area contributed by atoms with Gasteiger partial charge in [0.05, 0.1) is 7.11 Å². The molecule has 1 unspecified atom stereocenters. The fourth-order valence-corrected chi connectivity index (χ4v) is 2.39. The molecule has 0 aliphatic rings. The van der Waals surface area contributed by atoms with Gasteiger partial charge in [-0.15, -0.1) is 0 Å². The van der Waals surface area contributed by atoms with Crippen molar-refractivity contribution in [2.24, 2.45) is 5.92 Å². The van der Waals surface area contributed by atoms with E-state index in [-0.39, 0.29) is 17.6 Å². The van der Waals surface area contributed by atoms with Gasteiger partial charge < -0.3 is 14.8 Å². The number of nitrogens with one attached hydrogen (secondary N) is 1. The standard InChI is InChI=1S/C23H25NO5/c1-15(2)23(27)24-19-10-8-18(9-11-19)22(26)16(3)29-21(25)14-7-17-5-12-20(28-4)13-6-17/h5-16H,1-4H3,(H,24,27)/b14-7+. The quantitative estimate of drug-likeness (QED) is 0.413. The highest BCUT2D eigenvalue weighted by molar-refractivity contribution is 6.01. The molecule has 6 nitrogen and oxygen atoms in total. The molecule has 0 aromatic heterocycles. The van der Waals surface area contributed by atoms with Crippen molar-refractivity contribution in [1.82, 2.24) is 0 Å². The van der Waals surface area contributed by atoms with Crippen LogP contribution in [0.5, 0.6) is 5.75 Å². The molecule has 0 radical (unpaired) electrons. The Morgan fingerprint density at radius 3 is 2.10 bits per heavy atom. The van der Waals surface area contributed by atoms with E-state index in [4.69, 9.17) is 9.47 Å². The van der Waals surface area contributed by atoms with Gasteiger partial charge >= 0.3 is 5.97 Å². The smallest absolute Gasteiger partial charge is 0.331 e. The molecule has 152 valence electrons. The Morgan fingerprint density at radius 2 is 1.55 bits per heavy atom. The molecule has 0 heterocycles. The Hall–Kier alpha value is -3.41. The van der Waals surface area contributed by atoms with E-state index >= 15 is 0 Å². The molecular weight excluding hydrogens is 370 g/mol. The van der Waals surface area contributed by atoms with Crippen molar-refractivity contribution in [3.8, 4) is 5.75 Å². The number of hydrogen-bond acceptors (Lipinski definition) is 5. The third kappa shape index (κ3) is 6.60. The normalized spacial score (nSPS) is 11.9. The number of benzene rings is 2. The molecule has 2 rings (SSSR count). The van der Waals surface area contributed by atoms with Gasteiger partial charge in [-0.25, -0.2) is 4.79 Å². The van der Waals surface area contributed by atoms with Crippen molar-refractivity contribution in [1.29, 1.82) is 0 Å². The third-order valence-electron chi connectivity index (χ3n) is 4.15. The average molecular weight is 395 g/mol. The highest BCUT2D eigenvalue weighted by Gasteiger charge is 2.18. The topological polar surface area (TPSA) is 81.7 Å². The van der Waals surface area contributed by atoms with Crippen molar-refractivity contribution >= 4 is 29.4 Å². The van der Waals surface area contributed by atoms with Crippen LogP contribution in [0.25, 0.3) is 6.08 Å². The maximum Gasteiger partial charge on any atom is 0.331 e. The van der Waals surface area contributed by atoms with Crippen LogP contribution in [0.3, 0.4) is 0 Å². The number of Topliss-reactive ketones (excluding diaryl/α,β-unsaturated/α-hetero) is 1. The minimum atomic E-state index is -0.931. The van der Waals surface area contributed by atoms with Crippen LogP contribution in [0.4, 0.5) is 5.69 Å². The van der Waals surface area contributed by atoms with Crippen molar-refractivity contribution in [2.45, 2.75) is 26.9 Å². The van der Waals surface area contributed by atoms with Crippen LogP contribution in [0.15, 0.2) is 54.6 Å². The summed E-state index contributed by atoms with van der Waals surface area (Å²) in [5.74, 6) is -0.448. The van der Waals surface area contributed by atoms with Crippen molar-refractivity contribution in [3.05, 3.63) is 65.7 Å². The van der Waals surface area contributed by atoms with Crippen LogP contribution >= 0.6 is 0 Å². The van der Waals surface area contributed by atoms with E-state index in [1.54, 1.807) is 75.6 Å². The molecule has 6 heteroatoms. The van der Waals surface area contributed by atoms with Gasteiger partial charge in [0.1, 0.15) is 5.75 Å². The second-order valence-electron chi connectivity index (χ2n) is 6.77. The van der Waals surface area contributed by atoms with E-state index in [0.29, 0.717) is 11.3 Å². The minimum Gasteiger partial charge on any atom is -0.497 e. The predicted octanol–water partition coefficient (Wildman–Crippen LogP) is 4.12. The van der Waals surface area contributed by atoms with Gasteiger partial charge in [-0.05, 0) is 55.0 Å². The number of ketones is 1. The molecule has 0 saturated heterocycles. The largest absolute Gasteiger partial charge is 0.497 e. The number of ether oxygens (including phenoxy) is 2. The minimum absolute atomic E-state index is 0.102. The Balaban J connectivity index is 1.92. The Kier molecular flexibility index (Phi) is 7.71. The molecule has 0 aliphatic heterocycles.